The average Bonchev–Trinajstić information content (AvgIpc) is 2.64. The lowest BCUT2D eigenvalue weighted by molar-refractivity contribution is -0.196. The maximum Gasteiger partial charge on any atom is 0.396 e. The van der Waals surface area contributed by atoms with E-state index in [4.69, 9.17) is 5.11 Å². The first kappa shape index (κ1) is 12.6. The quantitative estimate of drug-likeness (QED) is 0.784. The Balaban J connectivity index is 2.42. The van der Waals surface area contributed by atoms with Crippen LogP contribution in [-0.4, -0.2) is 49.3 Å². The molecule has 1 saturated carbocycles. The summed E-state index contributed by atoms with van der Waals surface area (Å²) in [5.41, 5.74) is -4.40. The molecule has 1 aliphatic heterocycles. The molecule has 0 aromatic carbocycles. The van der Waals surface area contributed by atoms with Crippen LogP contribution in [0.1, 0.15) is 6.42 Å². The first-order valence-electron chi connectivity index (χ1n) is 4.72. The largest absolute Gasteiger partial charge is 0.481 e. The maximum absolute atomic E-state index is 12.9. The van der Waals surface area contributed by atoms with Crippen molar-refractivity contribution >= 4 is 16.0 Å². The van der Waals surface area contributed by atoms with Gasteiger partial charge in [0.1, 0.15) is 0 Å². The van der Waals surface area contributed by atoms with E-state index in [1.165, 1.54) is 0 Å². The Morgan fingerprint density at radius 1 is 1.35 bits per heavy atom. The van der Waals surface area contributed by atoms with Gasteiger partial charge in [-0.15, -0.1) is 0 Å². The molecule has 2 atom stereocenters. The number of nitrogens with zero attached hydrogens (tertiary/aromatic N) is 1. The number of alkyl halides is 3. The van der Waals surface area contributed by atoms with Gasteiger partial charge in [0.2, 0.25) is 10.0 Å². The third kappa shape index (κ3) is 1.41. The molecule has 1 N–H and O–H groups in total. The number of carboxylic acid groups (broad SMARTS) is 1. The van der Waals surface area contributed by atoms with Crippen molar-refractivity contribution in [2.75, 3.05) is 19.3 Å². The summed E-state index contributed by atoms with van der Waals surface area (Å²) in [4.78, 5) is 11.0. The summed E-state index contributed by atoms with van der Waals surface area (Å²) >= 11 is 0. The van der Waals surface area contributed by atoms with E-state index in [0.717, 1.165) is 6.26 Å². The van der Waals surface area contributed by atoms with Crippen molar-refractivity contribution in [1.82, 2.24) is 4.31 Å². The molecule has 2 aliphatic rings. The SMILES string of the molecule is CS(=O)(=O)N1C[C@]2(C(=O)O)C[C@]2(C(F)(F)F)C1. The number of carbonyl (C=O) groups is 1. The number of aliphatic carboxylic acids is 1. The van der Waals surface area contributed by atoms with Gasteiger partial charge in [0.15, 0.2) is 0 Å². The van der Waals surface area contributed by atoms with Crippen molar-refractivity contribution in [3.8, 4) is 0 Å². The molecule has 1 heterocycles. The number of sulfonamides is 1. The van der Waals surface area contributed by atoms with Crippen molar-refractivity contribution in [1.29, 1.82) is 0 Å². The molecule has 1 aliphatic carbocycles. The Morgan fingerprint density at radius 2 is 1.88 bits per heavy atom. The second kappa shape index (κ2) is 2.94. The molecule has 0 spiro atoms. The predicted octanol–water partition coefficient (Wildman–Crippen LogP) is 0.285. The number of fused-ring (bicyclic) bond motifs is 1. The highest BCUT2D eigenvalue weighted by Gasteiger charge is 2.87. The summed E-state index contributed by atoms with van der Waals surface area (Å²) in [5, 5.41) is 8.90. The topological polar surface area (TPSA) is 74.7 Å². The zero-order valence-electron chi connectivity index (χ0n) is 8.78. The van der Waals surface area contributed by atoms with Crippen molar-refractivity contribution in [3.63, 3.8) is 0 Å². The first-order valence-corrected chi connectivity index (χ1v) is 6.56. The van der Waals surface area contributed by atoms with Crippen molar-refractivity contribution in [2.45, 2.75) is 12.6 Å². The summed E-state index contributed by atoms with van der Waals surface area (Å²) in [5.74, 6) is -1.58. The number of carboxylic acids is 1. The second-order valence-corrected chi connectivity index (χ2v) is 6.66. The minimum Gasteiger partial charge on any atom is -0.481 e. The molecule has 0 unspecified atom stereocenters. The summed E-state index contributed by atoms with van der Waals surface area (Å²) in [6.07, 6.45) is -4.47. The van der Waals surface area contributed by atoms with E-state index in [1.54, 1.807) is 0 Å². The Labute approximate surface area is 95.3 Å². The van der Waals surface area contributed by atoms with E-state index >= 15 is 0 Å². The number of rotatable bonds is 2. The van der Waals surface area contributed by atoms with Crippen LogP contribution in [-0.2, 0) is 14.8 Å². The number of piperidine rings is 1. The Bertz CT molecular complexity index is 487. The van der Waals surface area contributed by atoms with Crippen molar-refractivity contribution < 1.29 is 31.5 Å². The molecule has 2 rings (SSSR count). The van der Waals surface area contributed by atoms with Gasteiger partial charge >= 0.3 is 12.1 Å². The Hall–Kier alpha value is -0.830. The number of hydrogen-bond acceptors (Lipinski definition) is 3. The van der Waals surface area contributed by atoms with Crippen LogP contribution >= 0.6 is 0 Å². The fourth-order valence-corrected chi connectivity index (χ4v) is 3.50. The van der Waals surface area contributed by atoms with E-state index in [0.29, 0.717) is 4.31 Å². The molecule has 0 aromatic heterocycles. The third-order valence-corrected chi connectivity index (χ3v) is 4.90. The van der Waals surface area contributed by atoms with Gasteiger partial charge in [-0.25, -0.2) is 12.7 Å². The minimum absolute atomic E-state index is 0.537. The Kier molecular flexibility index (Phi) is 2.19. The minimum atomic E-state index is -4.70. The smallest absolute Gasteiger partial charge is 0.396 e. The number of halogens is 3. The zero-order valence-corrected chi connectivity index (χ0v) is 9.60. The van der Waals surface area contributed by atoms with Crippen LogP contribution in [0.5, 0.6) is 0 Å². The standard InChI is InChI=1S/C8H10F3NO4S/c1-17(15,16)12-3-6(5(13)14)2-7(6,4-12)8(9,10)11/h2-4H2,1H3,(H,13,14)/t6-,7-/m0/s1. The van der Waals surface area contributed by atoms with Crippen LogP contribution in [0.15, 0.2) is 0 Å². The van der Waals surface area contributed by atoms with Crippen LogP contribution in [0.3, 0.4) is 0 Å². The maximum atomic E-state index is 12.9. The number of hydrogen-bond donors (Lipinski definition) is 1. The van der Waals surface area contributed by atoms with E-state index < -0.39 is 52.5 Å². The van der Waals surface area contributed by atoms with Crippen LogP contribution in [0.2, 0.25) is 0 Å². The monoisotopic (exact) mass is 273 g/mol. The average molecular weight is 273 g/mol. The lowest BCUT2D eigenvalue weighted by atomic mass is 9.96. The molecule has 1 saturated heterocycles. The van der Waals surface area contributed by atoms with E-state index in [2.05, 4.69) is 0 Å². The summed E-state index contributed by atoms with van der Waals surface area (Å²) in [7, 11) is -3.81. The predicted molar refractivity (Wildman–Crippen MR) is 49.6 cm³/mol. The molecule has 17 heavy (non-hydrogen) atoms. The highest BCUT2D eigenvalue weighted by atomic mass is 32.2. The molecule has 0 amide bonds. The lowest BCUT2D eigenvalue weighted by Gasteiger charge is -2.20. The molecule has 0 aromatic rings. The normalized spacial score (nSPS) is 37.9. The first-order chi connectivity index (χ1) is 7.46. The third-order valence-electron chi connectivity index (χ3n) is 3.71. The summed E-state index contributed by atoms with van der Waals surface area (Å²) < 4.78 is 61.6. The van der Waals surface area contributed by atoms with Crippen molar-refractivity contribution in [3.05, 3.63) is 0 Å². The molecule has 9 heteroatoms. The zero-order chi connectivity index (χ0) is 13.3. The van der Waals surface area contributed by atoms with Gasteiger partial charge in [-0.3, -0.25) is 4.79 Å². The lowest BCUT2D eigenvalue weighted by Crippen LogP contribution is -2.36. The highest BCUT2D eigenvalue weighted by molar-refractivity contribution is 7.88. The molecule has 5 nitrogen and oxygen atoms in total. The molecular weight excluding hydrogens is 263 g/mol. The highest BCUT2D eigenvalue weighted by Crippen LogP contribution is 2.75. The summed E-state index contributed by atoms with van der Waals surface area (Å²) in [6.45, 7) is -1.39. The van der Waals surface area contributed by atoms with Crippen LogP contribution in [0.25, 0.3) is 0 Å². The van der Waals surface area contributed by atoms with E-state index in [-0.39, 0.29) is 0 Å². The molecule has 0 bridgehead atoms. The van der Waals surface area contributed by atoms with Crippen LogP contribution < -0.4 is 0 Å². The molecular formula is C8H10F3NO4S. The Morgan fingerprint density at radius 3 is 2.18 bits per heavy atom. The van der Waals surface area contributed by atoms with Crippen molar-refractivity contribution in [2.24, 2.45) is 10.8 Å². The van der Waals surface area contributed by atoms with Crippen LogP contribution in [0, 0.1) is 10.8 Å². The van der Waals surface area contributed by atoms with Gasteiger partial charge in [-0.2, -0.15) is 13.2 Å². The molecule has 98 valence electrons. The fourth-order valence-electron chi connectivity index (χ4n) is 2.59. The van der Waals surface area contributed by atoms with Gasteiger partial charge in [0, 0.05) is 13.1 Å². The van der Waals surface area contributed by atoms with Gasteiger partial charge in [-0.1, -0.05) is 0 Å². The fraction of sp³-hybridized carbons (Fsp3) is 0.875. The van der Waals surface area contributed by atoms with E-state index in [1.807, 2.05) is 0 Å². The van der Waals surface area contributed by atoms with Crippen LogP contribution in [0.4, 0.5) is 13.2 Å². The molecule has 0 radical (unpaired) electrons. The van der Waals surface area contributed by atoms with Gasteiger partial charge in [0.25, 0.3) is 0 Å². The summed E-state index contributed by atoms with van der Waals surface area (Å²) in [6, 6.07) is 0. The second-order valence-electron chi connectivity index (χ2n) is 4.67. The van der Waals surface area contributed by atoms with Gasteiger partial charge in [0.05, 0.1) is 17.1 Å². The van der Waals surface area contributed by atoms with Gasteiger partial charge < -0.3 is 5.11 Å². The van der Waals surface area contributed by atoms with Gasteiger partial charge in [-0.05, 0) is 6.42 Å². The van der Waals surface area contributed by atoms with E-state index in [9.17, 15) is 26.4 Å². The molecule has 2 fully saturated rings.